The molecule has 1 aromatic carbocycles. The number of likely N-dealkylation sites (N-methyl/N-ethyl adjacent to an activating group) is 2. The van der Waals surface area contributed by atoms with Gasteiger partial charge >= 0.3 is 0 Å². The molecule has 122 valence electrons. The van der Waals surface area contributed by atoms with Crippen molar-refractivity contribution < 1.29 is 9.90 Å². The first-order valence-electron chi connectivity index (χ1n) is 7.97. The topological polar surface area (TPSA) is 43.8 Å². The first-order chi connectivity index (χ1) is 10.4. The Morgan fingerprint density at radius 3 is 2.23 bits per heavy atom. The van der Waals surface area contributed by atoms with Crippen molar-refractivity contribution in [3.8, 4) is 0 Å². The predicted molar refractivity (Wildman–Crippen MR) is 88.6 cm³/mol. The molecule has 0 radical (unpaired) electrons. The number of aryl methyl sites for hydroxylation is 1. The third-order valence-corrected chi connectivity index (χ3v) is 4.84. The molecule has 0 saturated heterocycles. The second kappa shape index (κ2) is 6.80. The number of hydrogen-bond donors (Lipinski definition) is 1. The van der Waals surface area contributed by atoms with Crippen LogP contribution in [0, 0.1) is 12.3 Å². The number of hydrogen-bond acceptors (Lipinski definition) is 3. The molecule has 0 bridgehead atoms. The lowest BCUT2D eigenvalue weighted by atomic mass is 9.69. The smallest absolute Gasteiger partial charge is 0.244 e. The monoisotopic (exact) mass is 304 g/mol. The number of carbonyl (C=O) groups excluding carboxylic acids is 1. The van der Waals surface area contributed by atoms with Gasteiger partial charge in [-0.1, -0.05) is 36.2 Å². The molecule has 4 heteroatoms. The molecule has 1 aliphatic carbocycles. The minimum Gasteiger partial charge on any atom is -0.396 e. The minimum atomic E-state index is -0.276. The van der Waals surface area contributed by atoms with Crippen LogP contribution in [0.4, 0.5) is 0 Å². The van der Waals surface area contributed by atoms with Gasteiger partial charge < -0.3 is 10.0 Å². The van der Waals surface area contributed by atoms with Crippen molar-refractivity contribution in [3.05, 3.63) is 35.4 Å². The van der Waals surface area contributed by atoms with Gasteiger partial charge in [-0.05, 0) is 39.4 Å². The van der Waals surface area contributed by atoms with E-state index in [0.29, 0.717) is 6.54 Å². The van der Waals surface area contributed by atoms with Gasteiger partial charge in [-0.25, -0.2) is 0 Å². The number of aliphatic hydroxyl groups is 1. The summed E-state index contributed by atoms with van der Waals surface area (Å²) in [4.78, 5) is 16.7. The van der Waals surface area contributed by atoms with Gasteiger partial charge in [0, 0.05) is 19.0 Å². The third kappa shape index (κ3) is 3.50. The summed E-state index contributed by atoms with van der Waals surface area (Å²) in [5.41, 5.74) is 2.13. The van der Waals surface area contributed by atoms with Gasteiger partial charge in [-0.3, -0.25) is 9.69 Å². The molecule has 0 spiro atoms. The fourth-order valence-corrected chi connectivity index (χ4v) is 3.24. The van der Waals surface area contributed by atoms with Gasteiger partial charge in [0.2, 0.25) is 5.91 Å². The van der Waals surface area contributed by atoms with Crippen LogP contribution < -0.4 is 0 Å². The van der Waals surface area contributed by atoms with Crippen LogP contribution in [0.15, 0.2) is 24.3 Å². The zero-order chi connectivity index (χ0) is 16.3. The Kier molecular flexibility index (Phi) is 5.24. The molecular formula is C18H28N2O2. The second-order valence-electron chi connectivity index (χ2n) is 6.98. The van der Waals surface area contributed by atoms with Crippen LogP contribution in [0.3, 0.4) is 0 Å². The highest BCUT2D eigenvalue weighted by Gasteiger charge is 2.39. The first-order valence-corrected chi connectivity index (χ1v) is 7.97. The summed E-state index contributed by atoms with van der Waals surface area (Å²) >= 11 is 0. The largest absolute Gasteiger partial charge is 0.396 e. The summed E-state index contributed by atoms with van der Waals surface area (Å²) in [5, 5.41) is 9.61. The molecule has 1 saturated carbocycles. The second-order valence-corrected chi connectivity index (χ2v) is 6.98. The maximum Gasteiger partial charge on any atom is 0.244 e. The Morgan fingerprint density at radius 1 is 1.23 bits per heavy atom. The van der Waals surface area contributed by atoms with E-state index in [1.165, 1.54) is 5.56 Å². The molecule has 0 heterocycles. The van der Waals surface area contributed by atoms with Crippen molar-refractivity contribution in [1.82, 2.24) is 9.80 Å². The van der Waals surface area contributed by atoms with Gasteiger partial charge in [0.05, 0.1) is 6.61 Å². The average molecular weight is 304 g/mol. The Bertz CT molecular complexity index is 501. The molecule has 2 rings (SSSR count). The number of benzene rings is 1. The zero-order valence-corrected chi connectivity index (χ0v) is 14.2. The van der Waals surface area contributed by atoms with E-state index in [0.717, 1.165) is 24.8 Å². The van der Waals surface area contributed by atoms with Crippen LogP contribution in [-0.2, 0) is 4.79 Å². The maximum atomic E-state index is 12.9. The van der Waals surface area contributed by atoms with E-state index < -0.39 is 0 Å². The molecule has 4 nitrogen and oxygen atoms in total. The van der Waals surface area contributed by atoms with Crippen molar-refractivity contribution in [3.63, 3.8) is 0 Å². The standard InChI is InChI=1S/C18H28N2O2/c1-14-6-8-15(9-7-14)16(19(2)3)17(22)20(4)12-18(13-21)10-5-11-18/h6-9,16,21H,5,10-13H2,1-4H3. The summed E-state index contributed by atoms with van der Waals surface area (Å²) in [6.07, 6.45) is 3.17. The van der Waals surface area contributed by atoms with Crippen LogP contribution in [0.5, 0.6) is 0 Å². The van der Waals surface area contributed by atoms with Gasteiger partial charge in [-0.15, -0.1) is 0 Å². The van der Waals surface area contributed by atoms with Crippen LogP contribution in [0.2, 0.25) is 0 Å². The molecule has 1 aliphatic rings. The lowest BCUT2D eigenvalue weighted by Crippen LogP contribution is -2.48. The van der Waals surface area contributed by atoms with E-state index in [1.807, 2.05) is 57.2 Å². The van der Waals surface area contributed by atoms with Gasteiger partial charge in [0.25, 0.3) is 0 Å². The van der Waals surface area contributed by atoms with Crippen molar-refractivity contribution in [2.45, 2.75) is 32.2 Å². The molecule has 1 aromatic rings. The lowest BCUT2D eigenvalue weighted by Gasteiger charge is -2.43. The molecule has 22 heavy (non-hydrogen) atoms. The summed E-state index contributed by atoms with van der Waals surface area (Å²) in [6, 6.07) is 7.86. The van der Waals surface area contributed by atoms with Gasteiger partial charge in [0.1, 0.15) is 6.04 Å². The van der Waals surface area contributed by atoms with E-state index >= 15 is 0 Å². The van der Waals surface area contributed by atoms with Gasteiger partial charge in [-0.2, -0.15) is 0 Å². The molecule has 1 amide bonds. The van der Waals surface area contributed by atoms with Crippen LogP contribution >= 0.6 is 0 Å². The molecule has 1 atom stereocenters. The Morgan fingerprint density at radius 2 is 1.82 bits per heavy atom. The fraction of sp³-hybridized carbons (Fsp3) is 0.611. The molecule has 0 aliphatic heterocycles. The number of amides is 1. The van der Waals surface area contributed by atoms with E-state index in [4.69, 9.17) is 0 Å². The molecule has 1 unspecified atom stereocenters. The van der Waals surface area contributed by atoms with E-state index in [2.05, 4.69) is 0 Å². The van der Waals surface area contributed by atoms with E-state index in [1.54, 1.807) is 4.90 Å². The fourth-order valence-electron chi connectivity index (χ4n) is 3.24. The number of rotatable bonds is 6. The Balaban J connectivity index is 2.14. The molecule has 1 N–H and O–H groups in total. The third-order valence-electron chi connectivity index (χ3n) is 4.84. The predicted octanol–water partition coefficient (Wildman–Crippen LogP) is 2.22. The number of nitrogens with zero attached hydrogens (tertiary/aromatic N) is 2. The molecule has 1 fully saturated rings. The lowest BCUT2D eigenvalue weighted by molar-refractivity contribution is -0.138. The van der Waals surface area contributed by atoms with Crippen molar-refractivity contribution in [1.29, 1.82) is 0 Å². The highest BCUT2D eigenvalue weighted by molar-refractivity contribution is 5.83. The van der Waals surface area contributed by atoms with Crippen molar-refractivity contribution in [2.75, 3.05) is 34.3 Å². The summed E-state index contributed by atoms with van der Waals surface area (Å²) < 4.78 is 0. The quantitative estimate of drug-likeness (QED) is 0.876. The average Bonchev–Trinajstić information content (AvgIpc) is 2.44. The van der Waals surface area contributed by atoms with Gasteiger partial charge in [0.15, 0.2) is 0 Å². The minimum absolute atomic E-state index is 0.0749. The van der Waals surface area contributed by atoms with E-state index in [9.17, 15) is 9.90 Å². The summed E-state index contributed by atoms with van der Waals surface area (Å²) in [6.45, 7) is 2.85. The van der Waals surface area contributed by atoms with E-state index in [-0.39, 0.29) is 24.0 Å². The van der Waals surface area contributed by atoms with Crippen LogP contribution in [0.1, 0.15) is 36.4 Å². The normalized spacial score (nSPS) is 17.9. The first kappa shape index (κ1) is 17.0. The molecular weight excluding hydrogens is 276 g/mol. The highest BCUT2D eigenvalue weighted by atomic mass is 16.3. The number of carbonyl (C=O) groups is 1. The highest BCUT2D eigenvalue weighted by Crippen LogP contribution is 2.41. The Labute approximate surface area is 133 Å². The SMILES string of the molecule is Cc1ccc(C(C(=O)N(C)CC2(CO)CCC2)N(C)C)cc1. The van der Waals surface area contributed by atoms with Crippen molar-refractivity contribution in [2.24, 2.45) is 5.41 Å². The van der Waals surface area contributed by atoms with Crippen molar-refractivity contribution >= 4 is 5.91 Å². The summed E-state index contributed by atoms with van der Waals surface area (Å²) in [5.74, 6) is 0.0913. The zero-order valence-electron chi connectivity index (χ0n) is 14.2. The molecule has 0 aromatic heterocycles. The summed E-state index contributed by atoms with van der Waals surface area (Å²) in [7, 11) is 5.71. The maximum absolute atomic E-state index is 12.9. The number of aliphatic hydroxyl groups excluding tert-OH is 1. The van der Waals surface area contributed by atoms with Crippen LogP contribution in [-0.4, -0.2) is 55.1 Å². The van der Waals surface area contributed by atoms with Crippen LogP contribution in [0.25, 0.3) is 0 Å². The Hall–Kier alpha value is -1.39.